The van der Waals surface area contributed by atoms with Gasteiger partial charge in [0.1, 0.15) is 17.3 Å². The second-order valence-corrected chi connectivity index (χ2v) is 5.92. The zero-order valence-electron chi connectivity index (χ0n) is 14.8. The van der Waals surface area contributed by atoms with Crippen LogP contribution in [-0.2, 0) is 4.79 Å². The number of nitriles is 1. The smallest absolute Gasteiger partial charge is 0.236 e. The summed E-state index contributed by atoms with van der Waals surface area (Å²) in [6.07, 6.45) is 1.52. The molecule has 3 aromatic rings. The first-order chi connectivity index (χ1) is 13.1. The number of ether oxygens (including phenoxy) is 3. The molecule has 2 heterocycles. The maximum absolute atomic E-state index is 12.0. The molecule has 2 aromatic heterocycles. The van der Waals surface area contributed by atoms with Gasteiger partial charge in [-0.25, -0.2) is 9.50 Å². The van der Waals surface area contributed by atoms with Gasteiger partial charge in [0, 0.05) is 11.8 Å². The fourth-order valence-corrected chi connectivity index (χ4v) is 2.84. The van der Waals surface area contributed by atoms with E-state index in [1.165, 1.54) is 32.0 Å². The van der Waals surface area contributed by atoms with Gasteiger partial charge in [-0.1, -0.05) is 15.9 Å². The van der Waals surface area contributed by atoms with Crippen molar-refractivity contribution in [1.29, 1.82) is 5.26 Å². The summed E-state index contributed by atoms with van der Waals surface area (Å²) in [5.74, 6) is 1.46. The first-order valence-electron chi connectivity index (χ1n) is 7.74. The molecule has 0 aliphatic carbocycles. The molecule has 0 bridgehead atoms. The van der Waals surface area contributed by atoms with Crippen LogP contribution in [0.2, 0.25) is 0 Å². The van der Waals surface area contributed by atoms with Gasteiger partial charge in [0.15, 0.2) is 23.0 Å². The molecule has 0 aliphatic rings. The Hall–Kier alpha value is -3.19. The number of benzene rings is 1. The van der Waals surface area contributed by atoms with Crippen molar-refractivity contribution < 1.29 is 19.0 Å². The third-order valence-electron chi connectivity index (χ3n) is 3.89. The van der Waals surface area contributed by atoms with Crippen LogP contribution in [0.1, 0.15) is 5.56 Å². The van der Waals surface area contributed by atoms with Crippen LogP contribution in [0.3, 0.4) is 0 Å². The maximum Gasteiger partial charge on any atom is 0.236 e. The highest BCUT2D eigenvalue weighted by atomic mass is 79.9. The van der Waals surface area contributed by atoms with E-state index in [-0.39, 0.29) is 11.2 Å². The van der Waals surface area contributed by atoms with E-state index in [1.807, 2.05) is 0 Å². The summed E-state index contributed by atoms with van der Waals surface area (Å²) < 4.78 is 17.7. The summed E-state index contributed by atoms with van der Waals surface area (Å²) in [5, 5.41) is 15.1. The van der Waals surface area contributed by atoms with Crippen molar-refractivity contribution in [2.75, 3.05) is 32.0 Å². The number of H-pyrrole nitrogens is 1. The van der Waals surface area contributed by atoms with Gasteiger partial charge in [0.05, 0.1) is 26.7 Å². The second kappa shape index (κ2) is 7.59. The van der Waals surface area contributed by atoms with Gasteiger partial charge in [0.2, 0.25) is 11.7 Å². The zero-order chi connectivity index (χ0) is 19.6. The first-order valence-corrected chi connectivity index (χ1v) is 8.86. The van der Waals surface area contributed by atoms with E-state index in [9.17, 15) is 10.1 Å². The first kappa shape index (κ1) is 18.6. The van der Waals surface area contributed by atoms with E-state index in [0.29, 0.717) is 45.5 Å². The van der Waals surface area contributed by atoms with Gasteiger partial charge in [-0.05, 0) is 12.1 Å². The van der Waals surface area contributed by atoms with Crippen LogP contribution in [0, 0.1) is 11.3 Å². The number of hydrogen-bond donors (Lipinski definition) is 2. The Bertz CT molecular complexity index is 1020. The number of amides is 1. The third-order valence-corrected chi connectivity index (χ3v) is 4.40. The highest BCUT2D eigenvalue weighted by Crippen LogP contribution is 2.42. The number of hydrogen-bond acceptors (Lipinski definition) is 6. The normalized spacial score (nSPS) is 10.5. The SMILES string of the molecule is COc1cc(-c2nc3c(C#N)c[nH]n3c2NC(=O)CBr)cc(OC)c1OC. The summed E-state index contributed by atoms with van der Waals surface area (Å²) >= 11 is 3.13. The van der Waals surface area contributed by atoms with E-state index in [4.69, 9.17) is 14.2 Å². The van der Waals surface area contributed by atoms with E-state index in [2.05, 4.69) is 37.4 Å². The maximum atomic E-state index is 12.0. The van der Waals surface area contributed by atoms with E-state index < -0.39 is 0 Å². The van der Waals surface area contributed by atoms with Gasteiger partial charge in [0.25, 0.3) is 0 Å². The molecule has 27 heavy (non-hydrogen) atoms. The predicted octanol–water partition coefficient (Wildman–Crippen LogP) is 2.56. The minimum absolute atomic E-state index is 0.112. The molecule has 3 rings (SSSR count). The molecule has 0 fully saturated rings. The molecule has 0 radical (unpaired) electrons. The van der Waals surface area contributed by atoms with Crippen LogP contribution < -0.4 is 19.5 Å². The minimum atomic E-state index is -0.265. The fourth-order valence-electron chi connectivity index (χ4n) is 2.70. The van der Waals surface area contributed by atoms with Crippen molar-refractivity contribution in [3.05, 3.63) is 23.9 Å². The highest BCUT2D eigenvalue weighted by Gasteiger charge is 2.22. The molecular formula is C17H16BrN5O4. The molecule has 1 aromatic carbocycles. The number of methoxy groups -OCH3 is 3. The Labute approximate surface area is 163 Å². The third kappa shape index (κ3) is 3.17. The van der Waals surface area contributed by atoms with Crippen LogP contribution in [0.5, 0.6) is 17.2 Å². The Morgan fingerprint density at radius 1 is 1.30 bits per heavy atom. The van der Waals surface area contributed by atoms with Crippen molar-refractivity contribution in [1.82, 2.24) is 14.6 Å². The van der Waals surface area contributed by atoms with Gasteiger partial charge in [-0.15, -0.1) is 0 Å². The standard InChI is InChI=1S/C17H16BrN5O4/c1-25-11-4-9(5-12(26-2)15(11)27-3)14-17(21-13(24)6-18)23-16(22-14)10(7-19)8-20-23/h4-5,8,20H,6H2,1-3H3,(H,21,24). The monoisotopic (exact) mass is 433 g/mol. The Kier molecular flexibility index (Phi) is 5.23. The number of anilines is 1. The minimum Gasteiger partial charge on any atom is -0.493 e. The van der Waals surface area contributed by atoms with Crippen molar-refractivity contribution in [2.24, 2.45) is 0 Å². The van der Waals surface area contributed by atoms with Gasteiger partial charge in [-0.2, -0.15) is 5.26 Å². The Morgan fingerprint density at radius 3 is 2.48 bits per heavy atom. The lowest BCUT2D eigenvalue weighted by Gasteiger charge is -2.14. The lowest BCUT2D eigenvalue weighted by molar-refractivity contribution is -0.113. The molecule has 0 saturated carbocycles. The van der Waals surface area contributed by atoms with Gasteiger partial charge in [-0.3, -0.25) is 9.89 Å². The number of aromatic amines is 1. The Balaban J connectivity index is 2.27. The topological polar surface area (TPSA) is 114 Å². The molecule has 0 spiro atoms. The highest BCUT2D eigenvalue weighted by molar-refractivity contribution is 9.09. The summed E-state index contributed by atoms with van der Waals surface area (Å²) in [6.45, 7) is 0. The van der Waals surface area contributed by atoms with Crippen LogP contribution >= 0.6 is 15.9 Å². The van der Waals surface area contributed by atoms with Crippen LogP contribution in [0.4, 0.5) is 5.82 Å². The summed E-state index contributed by atoms with van der Waals surface area (Å²) in [6, 6.07) is 5.51. The number of rotatable bonds is 6. The molecule has 10 heteroatoms. The second-order valence-electron chi connectivity index (χ2n) is 5.36. The van der Waals surface area contributed by atoms with E-state index >= 15 is 0 Å². The fraction of sp³-hybridized carbons (Fsp3) is 0.235. The van der Waals surface area contributed by atoms with Crippen LogP contribution in [-0.4, -0.2) is 47.2 Å². The number of halogens is 1. The average Bonchev–Trinajstić information content (AvgIpc) is 3.26. The van der Waals surface area contributed by atoms with Crippen LogP contribution in [0.15, 0.2) is 18.3 Å². The molecule has 9 nitrogen and oxygen atoms in total. The van der Waals surface area contributed by atoms with Crippen molar-refractivity contribution >= 4 is 33.3 Å². The van der Waals surface area contributed by atoms with Crippen molar-refractivity contribution in [3.8, 4) is 34.6 Å². The predicted molar refractivity (Wildman–Crippen MR) is 102 cm³/mol. The lowest BCUT2D eigenvalue weighted by Crippen LogP contribution is -2.14. The summed E-state index contributed by atoms with van der Waals surface area (Å²) in [5.41, 5.74) is 1.82. The Morgan fingerprint density at radius 2 is 1.96 bits per heavy atom. The van der Waals surface area contributed by atoms with Gasteiger partial charge < -0.3 is 19.5 Å². The summed E-state index contributed by atoms with van der Waals surface area (Å²) in [4.78, 5) is 16.5. The summed E-state index contributed by atoms with van der Waals surface area (Å²) in [7, 11) is 4.54. The molecule has 2 N–H and O–H groups in total. The quantitative estimate of drug-likeness (QED) is 0.577. The largest absolute Gasteiger partial charge is 0.493 e. The molecule has 0 atom stereocenters. The lowest BCUT2D eigenvalue weighted by atomic mass is 10.1. The number of carbonyl (C=O) groups excluding carboxylic acids is 1. The molecular weight excluding hydrogens is 418 g/mol. The number of imidazole rings is 1. The van der Waals surface area contributed by atoms with Crippen molar-refractivity contribution in [2.45, 2.75) is 0 Å². The molecule has 140 valence electrons. The molecule has 1 amide bonds. The number of fused-ring (bicyclic) bond motifs is 1. The number of carbonyl (C=O) groups is 1. The zero-order valence-corrected chi connectivity index (χ0v) is 16.4. The average molecular weight is 434 g/mol. The van der Waals surface area contributed by atoms with Gasteiger partial charge >= 0.3 is 0 Å². The number of aromatic nitrogens is 3. The molecule has 0 aliphatic heterocycles. The number of nitrogens with zero attached hydrogens (tertiary/aromatic N) is 3. The number of alkyl halides is 1. The molecule has 0 saturated heterocycles. The van der Waals surface area contributed by atoms with Crippen LogP contribution in [0.25, 0.3) is 16.9 Å². The number of nitrogens with one attached hydrogen (secondary N) is 2. The van der Waals surface area contributed by atoms with Crippen molar-refractivity contribution in [3.63, 3.8) is 0 Å². The molecule has 0 unspecified atom stereocenters. The van der Waals surface area contributed by atoms with E-state index in [1.54, 1.807) is 12.1 Å². The van der Waals surface area contributed by atoms with E-state index in [0.717, 1.165) is 0 Å².